The highest BCUT2D eigenvalue weighted by molar-refractivity contribution is 7.99. The molecule has 1 aromatic carbocycles. The van der Waals surface area contributed by atoms with Crippen molar-refractivity contribution in [2.24, 2.45) is 0 Å². The van der Waals surface area contributed by atoms with E-state index < -0.39 is 31.7 Å². The van der Waals surface area contributed by atoms with Crippen molar-refractivity contribution in [1.82, 2.24) is 9.97 Å². The van der Waals surface area contributed by atoms with Crippen molar-refractivity contribution < 1.29 is 21.6 Å². The number of hydrogen-bond acceptors (Lipinski definition) is 5. The van der Waals surface area contributed by atoms with Crippen LogP contribution in [0, 0.1) is 0 Å². The van der Waals surface area contributed by atoms with Crippen LogP contribution in [0.25, 0.3) is 0 Å². The Morgan fingerprint density at radius 3 is 2.38 bits per heavy atom. The molecule has 0 spiro atoms. The molecule has 2 heterocycles. The Morgan fingerprint density at radius 1 is 1.03 bits per heavy atom. The first-order valence-electron chi connectivity index (χ1n) is 7.69. The fourth-order valence-corrected chi connectivity index (χ4v) is 4.53. The van der Waals surface area contributed by atoms with Crippen molar-refractivity contribution in [3.8, 4) is 0 Å². The number of pyridine rings is 2. The Bertz CT molecular complexity index is 1140. The Morgan fingerprint density at radius 2 is 1.72 bits per heavy atom. The lowest BCUT2D eigenvalue weighted by molar-refractivity contribution is -0.137. The molecule has 0 amide bonds. The Balaban J connectivity index is 1.98. The van der Waals surface area contributed by atoms with E-state index in [4.69, 9.17) is 23.2 Å². The van der Waals surface area contributed by atoms with E-state index in [0.717, 1.165) is 28.8 Å². The average molecular weight is 480 g/mol. The van der Waals surface area contributed by atoms with Gasteiger partial charge >= 0.3 is 6.18 Å². The Hall–Kier alpha value is -2.01. The Labute approximate surface area is 178 Å². The van der Waals surface area contributed by atoms with Gasteiger partial charge in [-0.2, -0.15) is 13.2 Å². The van der Waals surface area contributed by atoms with E-state index in [0.29, 0.717) is 6.07 Å². The first-order chi connectivity index (χ1) is 13.6. The van der Waals surface area contributed by atoms with Crippen molar-refractivity contribution >= 4 is 50.7 Å². The molecule has 3 rings (SSSR count). The summed E-state index contributed by atoms with van der Waals surface area (Å²) in [4.78, 5) is 8.11. The van der Waals surface area contributed by atoms with Crippen LogP contribution in [0.4, 0.5) is 18.9 Å². The third kappa shape index (κ3) is 5.33. The van der Waals surface area contributed by atoms with E-state index in [9.17, 15) is 21.6 Å². The van der Waals surface area contributed by atoms with Gasteiger partial charge in [-0.3, -0.25) is 9.71 Å². The number of anilines is 1. The molecule has 0 fully saturated rings. The summed E-state index contributed by atoms with van der Waals surface area (Å²) in [6, 6.07) is 7.02. The maximum Gasteiger partial charge on any atom is 0.417 e. The van der Waals surface area contributed by atoms with Gasteiger partial charge in [0.15, 0.2) is 0 Å². The molecule has 29 heavy (non-hydrogen) atoms. The minimum Gasteiger partial charge on any atom is -0.277 e. The second kappa shape index (κ2) is 8.39. The van der Waals surface area contributed by atoms with Gasteiger partial charge in [0.2, 0.25) is 0 Å². The fraction of sp³-hybridized carbons (Fsp3) is 0.0588. The topological polar surface area (TPSA) is 72.0 Å². The number of rotatable bonds is 5. The number of hydrogen-bond donors (Lipinski definition) is 1. The quantitative estimate of drug-likeness (QED) is 0.503. The summed E-state index contributed by atoms with van der Waals surface area (Å²) in [6.45, 7) is 0. The molecule has 5 nitrogen and oxygen atoms in total. The summed E-state index contributed by atoms with van der Waals surface area (Å²) in [6.07, 6.45) is -0.377. The molecule has 0 aliphatic rings. The van der Waals surface area contributed by atoms with Crippen LogP contribution in [0.3, 0.4) is 0 Å². The Kier molecular flexibility index (Phi) is 6.27. The average Bonchev–Trinajstić information content (AvgIpc) is 2.64. The fourth-order valence-electron chi connectivity index (χ4n) is 2.19. The number of nitrogens with one attached hydrogen (secondary N) is 1. The van der Waals surface area contributed by atoms with Crippen molar-refractivity contribution in [2.75, 3.05) is 4.72 Å². The molecule has 152 valence electrons. The molecule has 0 bridgehead atoms. The number of sulfonamides is 1. The van der Waals surface area contributed by atoms with Gasteiger partial charge in [-0.15, -0.1) is 0 Å². The number of nitrogens with zero attached hydrogens (tertiary/aromatic N) is 2. The zero-order chi connectivity index (χ0) is 21.2. The molecule has 0 saturated heterocycles. The minimum atomic E-state index is -4.80. The second-order valence-corrected chi connectivity index (χ2v) is 9.12. The molecule has 0 aliphatic heterocycles. The molecule has 0 unspecified atom stereocenters. The third-order valence-corrected chi connectivity index (χ3v) is 6.41. The highest BCUT2D eigenvalue weighted by Gasteiger charge is 2.34. The molecular weight excluding hydrogens is 470 g/mol. The van der Waals surface area contributed by atoms with Gasteiger partial charge in [-0.05, 0) is 36.4 Å². The SMILES string of the molecule is O=S(=O)(Nc1cc(Cl)cnc1Sc1ccncc1)c1ccc(Cl)c(C(F)(F)F)c1. The van der Waals surface area contributed by atoms with Crippen LogP contribution in [0.2, 0.25) is 10.0 Å². The summed E-state index contributed by atoms with van der Waals surface area (Å²) in [5, 5.41) is -0.196. The van der Waals surface area contributed by atoms with Gasteiger partial charge in [0.05, 0.1) is 26.2 Å². The molecule has 0 saturated carbocycles. The largest absolute Gasteiger partial charge is 0.417 e. The van der Waals surface area contributed by atoms with Crippen LogP contribution < -0.4 is 4.72 Å². The molecule has 3 aromatic rings. The maximum absolute atomic E-state index is 13.1. The molecule has 0 aliphatic carbocycles. The smallest absolute Gasteiger partial charge is 0.277 e. The summed E-state index contributed by atoms with van der Waals surface area (Å²) in [7, 11) is -4.38. The number of benzene rings is 1. The predicted octanol–water partition coefficient (Wildman–Crippen LogP) is 5.75. The lowest BCUT2D eigenvalue weighted by atomic mass is 10.2. The van der Waals surface area contributed by atoms with Gasteiger partial charge in [-0.1, -0.05) is 35.0 Å². The summed E-state index contributed by atoms with van der Waals surface area (Å²) in [5.41, 5.74) is -1.24. The van der Waals surface area contributed by atoms with E-state index in [1.165, 1.54) is 12.3 Å². The van der Waals surface area contributed by atoms with Crippen molar-refractivity contribution in [2.45, 2.75) is 21.0 Å². The summed E-state index contributed by atoms with van der Waals surface area (Å²) >= 11 is 12.6. The normalized spacial score (nSPS) is 12.0. The molecule has 2 aromatic heterocycles. The van der Waals surface area contributed by atoms with Crippen LogP contribution in [0.1, 0.15) is 5.56 Å². The van der Waals surface area contributed by atoms with E-state index in [-0.39, 0.29) is 15.7 Å². The molecular formula is C17H10Cl2F3N3O2S2. The van der Waals surface area contributed by atoms with E-state index in [2.05, 4.69) is 14.7 Å². The zero-order valence-electron chi connectivity index (χ0n) is 14.1. The van der Waals surface area contributed by atoms with Gasteiger partial charge in [0.25, 0.3) is 10.0 Å². The number of alkyl halides is 3. The summed E-state index contributed by atoms with van der Waals surface area (Å²) in [5.74, 6) is 0. The van der Waals surface area contributed by atoms with E-state index in [1.807, 2.05) is 0 Å². The van der Waals surface area contributed by atoms with Crippen LogP contribution in [-0.2, 0) is 16.2 Å². The predicted molar refractivity (Wildman–Crippen MR) is 105 cm³/mol. The summed E-state index contributed by atoms with van der Waals surface area (Å²) < 4.78 is 66.8. The second-order valence-electron chi connectivity index (χ2n) is 5.54. The van der Waals surface area contributed by atoms with Gasteiger partial charge in [-0.25, -0.2) is 13.4 Å². The third-order valence-electron chi connectivity index (χ3n) is 3.48. The molecule has 1 N–H and O–H groups in total. The molecule has 0 atom stereocenters. The maximum atomic E-state index is 13.1. The van der Waals surface area contributed by atoms with E-state index in [1.54, 1.807) is 24.5 Å². The van der Waals surface area contributed by atoms with Crippen molar-refractivity contribution in [3.63, 3.8) is 0 Å². The lowest BCUT2D eigenvalue weighted by Crippen LogP contribution is -2.15. The highest BCUT2D eigenvalue weighted by Crippen LogP contribution is 2.37. The number of aromatic nitrogens is 2. The monoisotopic (exact) mass is 479 g/mol. The number of halogens is 5. The van der Waals surface area contributed by atoms with Crippen molar-refractivity contribution in [1.29, 1.82) is 0 Å². The van der Waals surface area contributed by atoms with Gasteiger partial charge < -0.3 is 0 Å². The van der Waals surface area contributed by atoms with Crippen LogP contribution in [0.5, 0.6) is 0 Å². The van der Waals surface area contributed by atoms with Crippen molar-refractivity contribution in [3.05, 3.63) is 70.6 Å². The highest BCUT2D eigenvalue weighted by atomic mass is 35.5. The lowest BCUT2D eigenvalue weighted by Gasteiger charge is -2.14. The zero-order valence-corrected chi connectivity index (χ0v) is 17.3. The molecule has 12 heteroatoms. The van der Waals surface area contributed by atoms with Crippen LogP contribution >= 0.6 is 35.0 Å². The van der Waals surface area contributed by atoms with Crippen LogP contribution in [0.15, 0.2) is 69.8 Å². The van der Waals surface area contributed by atoms with Gasteiger partial charge in [0.1, 0.15) is 5.03 Å². The van der Waals surface area contributed by atoms with Crippen LogP contribution in [-0.4, -0.2) is 18.4 Å². The molecule has 0 radical (unpaired) electrons. The first-order valence-corrected chi connectivity index (χ1v) is 10.7. The van der Waals surface area contributed by atoms with Gasteiger partial charge in [0, 0.05) is 23.5 Å². The first kappa shape index (κ1) is 21.7. The minimum absolute atomic E-state index is 0.0165. The standard InChI is InChI=1S/C17H10Cl2F3N3O2S2/c18-10-7-15(16(24-9-10)28-11-3-5-23-6-4-11)25-29(26,27)12-1-2-14(19)13(8-12)17(20,21)22/h1-9,25H. The van der Waals surface area contributed by atoms with E-state index >= 15 is 0 Å².